The maximum absolute atomic E-state index is 13.4. The molecule has 7 nitrogen and oxygen atoms in total. The first-order valence-electron chi connectivity index (χ1n) is 10.2. The molecule has 0 bridgehead atoms. The van der Waals surface area contributed by atoms with Crippen LogP contribution in [0.5, 0.6) is 0 Å². The summed E-state index contributed by atoms with van der Waals surface area (Å²) >= 11 is 0. The number of alkyl halides is 3. The average Bonchev–Trinajstić information content (AvgIpc) is 3.04. The number of anilines is 2. The number of hydrogen-bond donors (Lipinski definition) is 2. The van der Waals surface area contributed by atoms with Gasteiger partial charge in [0.2, 0.25) is 5.95 Å². The SMILES string of the molecule is O=c1c2cnc(Nc3ccc4c(c3)CCNC4)nc2n(-c2ccc(F)cc2)n1CC(F)(F)F. The number of benzene rings is 2. The minimum atomic E-state index is -4.65. The van der Waals surface area contributed by atoms with Crippen LogP contribution >= 0.6 is 0 Å². The van der Waals surface area contributed by atoms with Gasteiger partial charge in [-0.15, -0.1) is 0 Å². The summed E-state index contributed by atoms with van der Waals surface area (Å²) in [6.45, 7) is 0.130. The molecule has 0 unspecified atom stereocenters. The van der Waals surface area contributed by atoms with Crippen molar-refractivity contribution in [1.82, 2.24) is 24.6 Å². The Labute approximate surface area is 184 Å². The predicted molar refractivity (Wildman–Crippen MR) is 114 cm³/mol. The van der Waals surface area contributed by atoms with Crippen molar-refractivity contribution >= 4 is 22.7 Å². The molecule has 0 aliphatic carbocycles. The molecule has 0 spiro atoms. The number of halogens is 4. The van der Waals surface area contributed by atoms with E-state index < -0.39 is 24.1 Å². The highest BCUT2D eigenvalue weighted by molar-refractivity contribution is 5.77. The second-order valence-electron chi connectivity index (χ2n) is 7.73. The lowest BCUT2D eigenvalue weighted by Crippen LogP contribution is -2.30. The third kappa shape index (κ3) is 4.19. The number of nitrogens with zero attached hydrogens (tertiary/aromatic N) is 4. The standard InChI is InChI=1S/C22H18F4N6O/c23-15-2-5-17(6-3-15)32-19-18(20(33)31(32)12-22(24,25)26)11-28-21(30-19)29-16-4-1-14-10-27-8-7-13(14)9-16/h1-6,9,11,27H,7-8,10,12H2,(H,28,29,30). The Balaban J connectivity index is 1.61. The molecule has 0 fully saturated rings. The van der Waals surface area contributed by atoms with Gasteiger partial charge in [0.15, 0.2) is 5.65 Å². The summed E-state index contributed by atoms with van der Waals surface area (Å²) in [6.07, 6.45) is -2.58. The third-order valence-corrected chi connectivity index (χ3v) is 5.42. The van der Waals surface area contributed by atoms with E-state index in [2.05, 4.69) is 20.6 Å². The topological polar surface area (TPSA) is 76.8 Å². The number of nitrogens with one attached hydrogen (secondary N) is 2. The van der Waals surface area contributed by atoms with Crippen molar-refractivity contribution in [2.75, 3.05) is 11.9 Å². The van der Waals surface area contributed by atoms with Crippen LogP contribution in [0.25, 0.3) is 16.7 Å². The molecule has 170 valence electrons. The fourth-order valence-electron chi connectivity index (χ4n) is 3.93. The fourth-order valence-corrected chi connectivity index (χ4v) is 3.93. The van der Waals surface area contributed by atoms with Gasteiger partial charge in [-0.1, -0.05) is 6.07 Å². The van der Waals surface area contributed by atoms with Crippen LogP contribution < -0.4 is 16.2 Å². The second kappa shape index (κ2) is 8.00. The summed E-state index contributed by atoms with van der Waals surface area (Å²) in [5, 5.41) is 6.28. The van der Waals surface area contributed by atoms with E-state index in [-0.39, 0.29) is 22.7 Å². The van der Waals surface area contributed by atoms with Gasteiger partial charge in [0.25, 0.3) is 5.56 Å². The second-order valence-corrected chi connectivity index (χ2v) is 7.73. The van der Waals surface area contributed by atoms with Crippen LogP contribution in [0.2, 0.25) is 0 Å². The van der Waals surface area contributed by atoms with Crippen molar-refractivity contribution in [2.24, 2.45) is 0 Å². The lowest BCUT2D eigenvalue weighted by atomic mass is 10.0. The highest BCUT2D eigenvalue weighted by Gasteiger charge is 2.32. The molecule has 2 aromatic heterocycles. The third-order valence-electron chi connectivity index (χ3n) is 5.42. The molecular weight excluding hydrogens is 440 g/mol. The largest absolute Gasteiger partial charge is 0.408 e. The molecule has 2 aromatic carbocycles. The van der Waals surface area contributed by atoms with Gasteiger partial charge in [-0.3, -0.25) is 4.79 Å². The summed E-state index contributed by atoms with van der Waals surface area (Å²) in [6, 6.07) is 10.6. The van der Waals surface area contributed by atoms with Crippen LogP contribution in [0.4, 0.5) is 29.2 Å². The van der Waals surface area contributed by atoms with Crippen LogP contribution in [0.3, 0.4) is 0 Å². The molecule has 33 heavy (non-hydrogen) atoms. The zero-order valence-corrected chi connectivity index (χ0v) is 17.2. The number of rotatable bonds is 4. The summed E-state index contributed by atoms with van der Waals surface area (Å²) in [7, 11) is 0. The Hall–Kier alpha value is -3.73. The maximum Gasteiger partial charge on any atom is 0.408 e. The van der Waals surface area contributed by atoms with Gasteiger partial charge in [0, 0.05) is 18.4 Å². The first-order chi connectivity index (χ1) is 15.8. The molecule has 5 rings (SSSR count). The minimum Gasteiger partial charge on any atom is -0.324 e. The molecule has 3 heterocycles. The van der Waals surface area contributed by atoms with E-state index in [0.717, 1.165) is 42.0 Å². The minimum absolute atomic E-state index is 0.0180. The summed E-state index contributed by atoms with van der Waals surface area (Å²) < 4.78 is 54.7. The van der Waals surface area contributed by atoms with Gasteiger partial charge in [-0.25, -0.2) is 18.7 Å². The summed E-state index contributed by atoms with van der Waals surface area (Å²) in [5.74, 6) is -0.434. The Morgan fingerprint density at radius 2 is 1.88 bits per heavy atom. The predicted octanol–water partition coefficient (Wildman–Crippen LogP) is 3.67. The van der Waals surface area contributed by atoms with Gasteiger partial charge in [-0.2, -0.15) is 18.2 Å². The zero-order valence-electron chi connectivity index (χ0n) is 17.2. The molecule has 4 aromatic rings. The number of fused-ring (bicyclic) bond motifs is 2. The Bertz CT molecular complexity index is 1390. The van der Waals surface area contributed by atoms with Crippen molar-refractivity contribution in [3.8, 4) is 5.69 Å². The van der Waals surface area contributed by atoms with E-state index in [4.69, 9.17) is 0 Å². The number of hydrogen-bond acceptors (Lipinski definition) is 5. The van der Waals surface area contributed by atoms with Gasteiger partial charge < -0.3 is 10.6 Å². The Morgan fingerprint density at radius 3 is 2.64 bits per heavy atom. The molecule has 0 saturated carbocycles. The fraction of sp³-hybridized carbons (Fsp3) is 0.227. The van der Waals surface area contributed by atoms with Crippen molar-refractivity contribution in [3.05, 3.63) is 76.0 Å². The molecule has 1 aliphatic heterocycles. The smallest absolute Gasteiger partial charge is 0.324 e. The van der Waals surface area contributed by atoms with Crippen molar-refractivity contribution in [2.45, 2.75) is 25.7 Å². The molecular formula is C22H18F4N6O. The van der Waals surface area contributed by atoms with E-state index in [1.54, 1.807) is 0 Å². The van der Waals surface area contributed by atoms with Crippen LogP contribution in [0.1, 0.15) is 11.1 Å². The first-order valence-corrected chi connectivity index (χ1v) is 10.2. The van der Waals surface area contributed by atoms with E-state index in [0.29, 0.717) is 4.68 Å². The lowest BCUT2D eigenvalue weighted by Gasteiger charge is -2.18. The molecule has 0 saturated heterocycles. The maximum atomic E-state index is 13.4. The van der Waals surface area contributed by atoms with Gasteiger partial charge in [0.1, 0.15) is 17.7 Å². The quantitative estimate of drug-likeness (QED) is 0.457. The van der Waals surface area contributed by atoms with Crippen LogP contribution in [0.15, 0.2) is 53.5 Å². The number of aromatic nitrogens is 4. The van der Waals surface area contributed by atoms with Crippen LogP contribution in [-0.4, -0.2) is 32.1 Å². The molecule has 0 atom stereocenters. The molecule has 1 aliphatic rings. The van der Waals surface area contributed by atoms with Crippen molar-refractivity contribution < 1.29 is 17.6 Å². The normalized spacial score (nSPS) is 13.8. The Kier molecular flexibility index (Phi) is 5.12. The molecule has 0 radical (unpaired) electrons. The highest BCUT2D eigenvalue weighted by atomic mass is 19.4. The van der Waals surface area contributed by atoms with E-state index >= 15 is 0 Å². The van der Waals surface area contributed by atoms with Crippen LogP contribution in [0, 0.1) is 5.82 Å². The van der Waals surface area contributed by atoms with Crippen molar-refractivity contribution in [1.29, 1.82) is 0 Å². The Morgan fingerprint density at radius 1 is 1.09 bits per heavy atom. The summed E-state index contributed by atoms with van der Waals surface area (Å²) in [4.78, 5) is 21.2. The lowest BCUT2D eigenvalue weighted by molar-refractivity contribution is -0.144. The van der Waals surface area contributed by atoms with E-state index in [9.17, 15) is 22.4 Å². The van der Waals surface area contributed by atoms with Crippen molar-refractivity contribution in [3.63, 3.8) is 0 Å². The van der Waals surface area contributed by atoms with Gasteiger partial charge in [0.05, 0.1) is 5.69 Å². The van der Waals surface area contributed by atoms with Crippen LogP contribution in [-0.2, 0) is 19.5 Å². The average molecular weight is 458 g/mol. The van der Waals surface area contributed by atoms with Gasteiger partial charge in [-0.05, 0) is 60.5 Å². The van der Waals surface area contributed by atoms with E-state index in [1.807, 2.05) is 18.2 Å². The van der Waals surface area contributed by atoms with Gasteiger partial charge >= 0.3 is 6.18 Å². The molecule has 11 heteroatoms. The summed E-state index contributed by atoms with van der Waals surface area (Å²) in [5.41, 5.74) is 2.35. The zero-order chi connectivity index (χ0) is 23.2. The first kappa shape index (κ1) is 21.1. The van der Waals surface area contributed by atoms with E-state index in [1.165, 1.54) is 29.5 Å². The monoisotopic (exact) mass is 458 g/mol. The highest BCUT2D eigenvalue weighted by Crippen LogP contribution is 2.24. The molecule has 2 N–H and O–H groups in total. The molecule has 0 amide bonds.